The van der Waals surface area contributed by atoms with Gasteiger partial charge in [0.05, 0.1) is 26.9 Å². The molecule has 0 radical (unpaired) electrons. The maximum atomic E-state index is 9.42. The summed E-state index contributed by atoms with van der Waals surface area (Å²) in [6.07, 6.45) is 1.01. The molecule has 1 atom stereocenters. The highest BCUT2D eigenvalue weighted by Crippen LogP contribution is 2.34. The van der Waals surface area contributed by atoms with E-state index in [4.69, 9.17) is 14.2 Å². The van der Waals surface area contributed by atoms with Crippen LogP contribution in [0.3, 0.4) is 0 Å². The summed E-state index contributed by atoms with van der Waals surface area (Å²) in [7, 11) is 1.63. The van der Waals surface area contributed by atoms with Crippen molar-refractivity contribution in [3.63, 3.8) is 0 Å². The molecule has 1 saturated heterocycles. The molecule has 0 aliphatic carbocycles. The van der Waals surface area contributed by atoms with E-state index in [1.165, 1.54) is 0 Å². The highest BCUT2D eigenvalue weighted by atomic mass is 16.6. The van der Waals surface area contributed by atoms with Gasteiger partial charge in [0.1, 0.15) is 6.10 Å². The summed E-state index contributed by atoms with van der Waals surface area (Å²) in [5.74, 6) is 1.43. The molecule has 1 N–H and O–H groups in total. The van der Waals surface area contributed by atoms with E-state index in [0.29, 0.717) is 12.4 Å². The lowest BCUT2D eigenvalue weighted by atomic mass is 9.85. The van der Waals surface area contributed by atoms with E-state index in [9.17, 15) is 5.11 Å². The quantitative estimate of drug-likeness (QED) is 0.887. The van der Waals surface area contributed by atoms with Crippen molar-refractivity contribution < 1.29 is 19.3 Å². The Hall–Kier alpha value is -1.26. The van der Waals surface area contributed by atoms with Crippen molar-refractivity contribution >= 4 is 0 Å². The first-order valence-electron chi connectivity index (χ1n) is 6.60. The van der Waals surface area contributed by atoms with E-state index in [1.54, 1.807) is 7.11 Å². The number of hydrogen-bond acceptors (Lipinski definition) is 4. The van der Waals surface area contributed by atoms with Crippen LogP contribution < -0.4 is 9.47 Å². The minimum atomic E-state index is -0.289. The third kappa shape index (κ3) is 3.19. The molecule has 4 heteroatoms. The summed E-state index contributed by atoms with van der Waals surface area (Å²) >= 11 is 0. The molecule has 1 fully saturated rings. The van der Waals surface area contributed by atoms with Crippen LogP contribution in [-0.2, 0) is 10.2 Å². The number of methoxy groups -OCH3 is 1. The SMILES string of the molecule is COc1cc(C(C)(C)CO)ccc1OC1CCOC1. The van der Waals surface area contributed by atoms with Crippen LogP contribution in [0.25, 0.3) is 0 Å². The first-order valence-corrected chi connectivity index (χ1v) is 6.60. The van der Waals surface area contributed by atoms with E-state index in [-0.39, 0.29) is 18.1 Å². The second kappa shape index (κ2) is 5.80. The number of aliphatic hydroxyl groups excluding tert-OH is 1. The molecule has 0 amide bonds. The summed E-state index contributed by atoms with van der Waals surface area (Å²) in [5.41, 5.74) is 0.740. The molecule has 0 aromatic heterocycles. The summed E-state index contributed by atoms with van der Waals surface area (Å²) in [6.45, 7) is 5.46. The molecule has 1 aromatic rings. The van der Waals surface area contributed by atoms with Crippen LogP contribution in [0.4, 0.5) is 0 Å². The Morgan fingerprint density at radius 2 is 2.16 bits per heavy atom. The standard InChI is InChI=1S/C15H22O4/c1-15(2,10-16)11-4-5-13(14(8-11)17-3)19-12-6-7-18-9-12/h4-5,8,12,16H,6-7,9-10H2,1-3H3. The second-order valence-electron chi connectivity index (χ2n) is 5.51. The smallest absolute Gasteiger partial charge is 0.161 e. The maximum absolute atomic E-state index is 9.42. The Balaban J connectivity index is 2.20. The fourth-order valence-corrected chi connectivity index (χ4v) is 2.06. The first-order chi connectivity index (χ1) is 9.06. The van der Waals surface area contributed by atoms with Gasteiger partial charge in [0.15, 0.2) is 11.5 Å². The number of ether oxygens (including phenoxy) is 3. The molecule has 1 unspecified atom stereocenters. The Morgan fingerprint density at radius 1 is 1.37 bits per heavy atom. The van der Waals surface area contributed by atoms with Gasteiger partial charge in [-0.2, -0.15) is 0 Å². The van der Waals surface area contributed by atoms with Crippen molar-refractivity contribution in [2.75, 3.05) is 26.9 Å². The summed E-state index contributed by atoms with van der Waals surface area (Å²) in [6, 6.07) is 5.81. The molecule has 4 nitrogen and oxygen atoms in total. The van der Waals surface area contributed by atoms with Gasteiger partial charge in [-0.25, -0.2) is 0 Å². The molecule has 1 aliphatic heterocycles. The lowest BCUT2D eigenvalue weighted by Crippen LogP contribution is -2.22. The predicted molar refractivity (Wildman–Crippen MR) is 73.0 cm³/mol. The zero-order valence-corrected chi connectivity index (χ0v) is 11.8. The summed E-state index contributed by atoms with van der Waals surface area (Å²) in [5, 5.41) is 9.42. The zero-order valence-electron chi connectivity index (χ0n) is 11.8. The largest absolute Gasteiger partial charge is 0.493 e. The molecule has 0 saturated carbocycles. The number of hydrogen-bond donors (Lipinski definition) is 1. The van der Waals surface area contributed by atoms with E-state index in [1.807, 2.05) is 32.0 Å². The lowest BCUT2D eigenvalue weighted by molar-refractivity contribution is 0.138. The number of benzene rings is 1. The van der Waals surface area contributed by atoms with E-state index in [2.05, 4.69) is 0 Å². The molecular formula is C15H22O4. The van der Waals surface area contributed by atoms with Crippen LogP contribution in [0.2, 0.25) is 0 Å². The molecule has 0 spiro atoms. The summed E-state index contributed by atoms with van der Waals surface area (Å²) < 4.78 is 16.6. The highest BCUT2D eigenvalue weighted by Gasteiger charge is 2.23. The van der Waals surface area contributed by atoms with Crippen molar-refractivity contribution in [1.82, 2.24) is 0 Å². The molecule has 106 valence electrons. The van der Waals surface area contributed by atoms with Gasteiger partial charge in [-0.15, -0.1) is 0 Å². The minimum absolute atomic E-state index is 0.0901. The van der Waals surface area contributed by atoms with Crippen LogP contribution in [-0.4, -0.2) is 38.1 Å². The monoisotopic (exact) mass is 266 g/mol. The van der Waals surface area contributed by atoms with Crippen LogP contribution in [0, 0.1) is 0 Å². The van der Waals surface area contributed by atoms with Crippen molar-refractivity contribution in [3.05, 3.63) is 23.8 Å². The first kappa shape index (κ1) is 14.2. The Morgan fingerprint density at radius 3 is 2.74 bits per heavy atom. The van der Waals surface area contributed by atoms with Crippen molar-refractivity contribution in [3.8, 4) is 11.5 Å². The van der Waals surface area contributed by atoms with Gasteiger partial charge >= 0.3 is 0 Å². The van der Waals surface area contributed by atoms with Gasteiger partial charge < -0.3 is 19.3 Å². The average Bonchev–Trinajstić information content (AvgIpc) is 2.92. The Bertz CT molecular complexity index is 422. The highest BCUT2D eigenvalue weighted by molar-refractivity contribution is 5.45. The average molecular weight is 266 g/mol. The van der Waals surface area contributed by atoms with Gasteiger partial charge in [0.2, 0.25) is 0 Å². The topological polar surface area (TPSA) is 47.9 Å². The normalized spacial score (nSPS) is 19.5. The molecule has 1 heterocycles. The maximum Gasteiger partial charge on any atom is 0.161 e. The second-order valence-corrected chi connectivity index (χ2v) is 5.51. The van der Waals surface area contributed by atoms with Crippen molar-refractivity contribution in [2.24, 2.45) is 0 Å². The molecule has 2 rings (SSSR count). The number of aliphatic hydroxyl groups is 1. The van der Waals surface area contributed by atoms with Crippen molar-refractivity contribution in [2.45, 2.75) is 31.8 Å². The molecular weight excluding hydrogens is 244 g/mol. The van der Waals surface area contributed by atoms with E-state index < -0.39 is 0 Å². The third-order valence-corrected chi connectivity index (χ3v) is 3.52. The third-order valence-electron chi connectivity index (χ3n) is 3.52. The molecule has 0 bridgehead atoms. The van der Waals surface area contributed by atoms with Crippen LogP contribution >= 0.6 is 0 Å². The van der Waals surface area contributed by atoms with Gasteiger partial charge in [-0.05, 0) is 17.7 Å². The molecule has 1 aliphatic rings. The molecule has 19 heavy (non-hydrogen) atoms. The number of rotatable bonds is 5. The van der Waals surface area contributed by atoms with Crippen LogP contribution in [0.5, 0.6) is 11.5 Å². The van der Waals surface area contributed by atoms with Crippen LogP contribution in [0.1, 0.15) is 25.8 Å². The van der Waals surface area contributed by atoms with Crippen molar-refractivity contribution in [1.29, 1.82) is 0 Å². The predicted octanol–water partition coefficient (Wildman–Crippen LogP) is 2.13. The minimum Gasteiger partial charge on any atom is -0.493 e. The van der Waals surface area contributed by atoms with E-state index in [0.717, 1.165) is 24.3 Å². The molecule has 1 aromatic carbocycles. The zero-order chi connectivity index (χ0) is 13.9. The Kier molecular flexibility index (Phi) is 4.32. The Labute approximate surface area is 114 Å². The lowest BCUT2D eigenvalue weighted by Gasteiger charge is -2.24. The van der Waals surface area contributed by atoms with Gasteiger partial charge in [0, 0.05) is 11.8 Å². The van der Waals surface area contributed by atoms with Gasteiger partial charge in [-0.1, -0.05) is 19.9 Å². The fraction of sp³-hybridized carbons (Fsp3) is 0.600. The van der Waals surface area contributed by atoms with E-state index >= 15 is 0 Å². The fourth-order valence-electron chi connectivity index (χ4n) is 2.06. The van der Waals surface area contributed by atoms with Gasteiger partial charge in [0.25, 0.3) is 0 Å². The summed E-state index contributed by atoms with van der Waals surface area (Å²) in [4.78, 5) is 0. The van der Waals surface area contributed by atoms with Crippen LogP contribution in [0.15, 0.2) is 18.2 Å². The van der Waals surface area contributed by atoms with Gasteiger partial charge in [-0.3, -0.25) is 0 Å².